The fourth-order valence-corrected chi connectivity index (χ4v) is 4.64. The molecule has 2 aromatic rings. The smallest absolute Gasteiger partial charge is 0.410 e. The van der Waals surface area contributed by atoms with E-state index in [1.807, 2.05) is 65.8 Å². The molecule has 2 amide bonds. The Labute approximate surface area is 284 Å². The second kappa shape index (κ2) is 18.4. The van der Waals surface area contributed by atoms with Gasteiger partial charge in [-0.1, -0.05) is 6.08 Å². The van der Waals surface area contributed by atoms with E-state index in [0.717, 1.165) is 36.2 Å². The van der Waals surface area contributed by atoms with Crippen LogP contribution in [0.1, 0.15) is 103 Å². The fraction of sp³-hybridized carbons (Fsp3) is 0.528. The zero-order valence-electron chi connectivity index (χ0n) is 29.4. The van der Waals surface area contributed by atoms with Crippen molar-refractivity contribution in [2.75, 3.05) is 32.8 Å². The Hall–Kier alpha value is -4.97. The summed E-state index contributed by atoms with van der Waals surface area (Å²) in [5.74, 6) is 0.133. The van der Waals surface area contributed by atoms with Crippen molar-refractivity contribution in [3.8, 4) is 12.1 Å². The largest absolute Gasteiger partial charge is 0.466 e. The molecule has 12 nitrogen and oxygen atoms in total. The number of amides is 2. The van der Waals surface area contributed by atoms with Gasteiger partial charge in [0.05, 0.1) is 23.4 Å². The average Bonchev–Trinajstić information content (AvgIpc) is 3.04. The minimum absolute atomic E-state index is 0.211. The van der Waals surface area contributed by atoms with Crippen LogP contribution in [0.4, 0.5) is 9.59 Å². The number of rotatable bonds is 3. The maximum atomic E-state index is 12.0. The van der Waals surface area contributed by atoms with Crippen LogP contribution in [-0.4, -0.2) is 81.9 Å². The molecule has 0 unspecified atom stereocenters. The van der Waals surface area contributed by atoms with Crippen molar-refractivity contribution in [2.45, 2.75) is 91.8 Å². The number of esters is 1. The van der Waals surface area contributed by atoms with Crippen molar-refractivity contribution in [1.29, 1.82) is 10.5 Å². The van der Waals surface area contributed by atoms with Crippen molar-refractivity contribution in [2.24, 2.45) is 0 Å². The first-order chi connectivity index (χ1) is 22.5. The molecule has 0 aliphatic carbocycles. The molecule has 2 aliphatic heterocycles. The van der Waals surface area contributed by atoms with Crippen molar-refractivity contribution < 1.29 is 28.6 Å². The van der Waals surface area contributed by atoms with Crippen LogP contribution in [-0.2, 0) is 19.0 Å². The molecule has 4 rings (SSSR count). The minimum atomic E-state index is -0.476. The van der Waals surface area contributed by atoms with E-state index in [0.29, 0.717) is 49.8 Å². The summed E-state index contributed by atoms with van der Waals surface area (Å²) in [7, 11) is 0. The van der Waals surface area contributed by atoms with E-state index >= 15 is 0 Å². The van der Waals surface area contributed by atoms with Gasteiger partial charge in [0.25, 0.3) is 0 Å². The van der Waals surface area contributed by atoms with Crippen LogP contribution < -0.4 is 0 Å². The SMILES string of the molecule is CC(C)(C)OC(=O)N1CC=C(c2ccc(C#N)cn2)CC1.CC(C)(C)OC(=O)N1CCC(c2ccc(C#N)cn2)CC1.CCOC(C)=O. The molecule has 0 N–H and O–H groups in total. The quantitative estimate of drug-likeness (QED) is 0.259. The van der Waals surface area contributed by atoms with Crippen molar-refractivity contribution in [3.63, 3.8) is 0 Å². The molecule has 1 saturated heterocycles. The number of likely N-dealkylation sites (tertiary alicyclic amines) is 1. The minimum Gasteiger partial charge on any atom is -0.466 e. The molecule has 0 bridgehead atoms. The van der Waals surface area contributed by atoms with Gasteiger partial charge in [0.2, 0.25) is 0 Å². The van der Waals surface area contributed by atoms with Gasteiger partial charge in [0.15, 0.2) is 0 Å². The lowest BCUT2D eigenvalue weighted by atomic mass is 9.93. The Morgan fingerprint density at radius 2 is 1.38 bits per heavy atom. The summed E-state index contributed by atoms with van der Waals surface area (Å²) in [5.41, 5.74) is 3.14. The summed E-state index contributed by atoms with van der Waals surface area (Å²) in [6, 6.07) is 11.4. The van der Waals surface area contributed by atoms with Gasteiger partial charge in [-0.15, -0.1) is 0 Å². The van der Waals surface area contributed by atoms with Gasteiger partial charge in [-0.05, 0) is 97.6 Å². The topological polar surface area (TPSA) is 159 Å². The number of ether oxygens (including phenoxy) is 3. The fourth-order valence-electron chi connectivity index (χ4n) is 4.64. The molecule has 258 valence electrons. The second-order valence-electron chi connectivity index (χ2n) is 13.2. The van der Waals surface area contributed by atoms with Gasteiger partial charge in [0.1, 0.15) is 23.3 Å². The number of hydrogen-bond acceptors (Lipinski definition) is 10. The zero-order chi connectivity index (χ0) is 35.9. The Morgan fingerprint density at radius 3 is 1.75 bits per heavy atom. The molecule has 2 aromatic heterocycles. The predicted molar refractivity (Wildman–Crippen MR) is 180 cm³/mol. The van der Waals surface area contributed by atoms with Gasteiger partial charge < -0.3 is 24.0 Å². The molecule has 0 radical (unpaired) electrons. The molecule has 48 heavy (non-hydrogen) atoms. The summed E-state index contributed by atoms with van der Waals surface area (Å²) in [6.07, 6.45) is 7.11. The molecule has 12 heteroatoms. The maximum Gasteiger partial charge on any atom is 0.410 e. The molecule has 0 atom stereocenters. The molecule has 0 spiro atoms. The molecule has 1 fully saturated rings. The molecular weight excluding hydrogens is 612 g/mol. The normalized spacial score (nSPS) is 14.8. The summed E-state index contributed by atoms with van der Waals surface area (Å²) < 4.78 is 15.1. The van der Waals surface area contributed by atoms with E-state index in [9.17, 15) is 14.4 Å². The second-order valence-corrected chi connectivity index (χ2v) is 13.2. The Bertz CT molecular complexity index is 1470. The Balaban J connectivity index is 0.000000286. The predicted octanol–water partition coefficient (Wildman–Crippen LogP) is 6.61. The molecule has 0 saturated carbocycles. The number of aromatic nitrogens is 2. The van der Waals surface area contributed by atoms with Crippen molar-refractivity contribution in [3.05, 3.63) is 65.2 Å². The van der Waals surface area contributed by atoms with Crippen LogP contribution in [0.5, 0.6) is 0 Å². The van der Waals surface area contributed by atoms with E-state index in [1.165, 1.54) is 6.92 Å². The van der Waals surface area contributed by atoms with Crippen LogP contribution in [0, 0.1) is 22.7 Å². The summed E-state index contributed by atoms with van der Waals surface area (Å²) in [5, 5.41) is 17.5. The number of nitrogens with zero attached hydrogens (tertiary/aromatic N) is 6. The number of nitriles is 2. The number of piperidine rings is 1. The van der Waals surface area contributed by atoms with Gasteiger partial charge >= 0.3 is 18.2 Å². The van der Waals surface area contributed by atoms with Gasteiger partial charge in [-0.25, -0.2) is 9.59 Å². The molecule has 2 aliphatic rings. The maximum absolute atomic E-state index is 12.0. The lowest BCUT2D eigenvalue weighted by molar-refractivity contribution is -0.140. The summed E-state index contributed by atoms with van der Waals surface area (Å²) in [6.45, 7) is 17.3. The van der Waals surface area contributed by atoms with E-state index in [2.05, 4.69) is 20.8 Å². The standard InChI is InChI=1S/C16H21N3O2.C16H19N3O2.C4H8O2/c2*1-16(2,3)21-15(20)19-8-6-13(7-9-19)14-5-4-12(10-17)11-18-14;1-3-6-4(2)5/h4-5,11,13H,6-9H2,1-3H3;4-6,11H,7-9H2,1-3H3;3H2,1-2H3. The monoisotopic (exact) mass is 660 g/mol. The number of hydrogen-bond donors (Lipinski definition) is 0. The third kappa shape index (κ3) is 14.2. The molecular formula is C36H48N6O6. The third-order valence-corrected chi connectivity index (χ3v) is 6.91. The Morgan fingerprint density at radius 1 is 0.833 bits per heavy atom. The first kappa shape index (κ1) is 39.2. The molecule has 4 heterocycles. The van der Waals surface area contributed by atoms with Gasteiger partial charge in [-0.3, -0.25) is 14.8 Å². The first-order valence-electron chi connectivity index (χ1n) is 16.1. The first-order valence-corrected chi connectivity index (χ1v) is 16.1. The van der Waals surface area contributed by atoms with Crippen LogP contribution in [0.3, 0.4) is 0 Å². The lowest BCUT2D eigenvalue weighted by Crippen LogP contribution is -2.41. The van der Waals surface area contributed by atoms with E-state index < -0.39 is 11.2 Å². The van der Waals surface area contributed by atoms with Crippen LogP contribution in [0.2, 0.25) is 0 Å². The van der Waals surface area contributed by atoms with Gasteiger partial charge in [0, 0.05) is 57.1 Å². The highest BCUT2D eigenvalue weighted by Gasteiger charge is 2.28. The van der Waals surface area contributed by atoms with E-state index in [4.69, 9.17) is 20.0 Å². The van der Waals surface area contributed by atoms with E-state index in [-0.39, 0.29) is 18.2 Å². The van der Waals surface area contributed by atoms with Crippen molar-refractivity contribution in [1.82, 2.24) is 19.8 Å². The van der Waals surface area contributed by atoms with Crippen LogP contribution >= 0.6 is 0 Å². The van der Waals surface area contributed by atoms with Crippen LogP contribution in [0.15, 0.2) is 42.7 Å². The zero-order valence-corrected chi connectivity index (χ0v) is 29.4. The highest BCUT2D eigenvalue weighted by molar-refractivity contribution is 5.72. The highest BCUT2D eigenvalue weighted by Crippen LogP contribution is 2.27. The Kier molecular flexibility index (Phi) is 15.0. The van der Waals surface area contributed by atoms with Gasteiger partial charge in [-0.2, -0.15) is 10.5 Å². The molecule has 0 aromatic carbocycles. The van der Waals surface area contributed by atoms with Crippen molar-refractivity contribution >= 4 is 23.7 Å². The highest BCUT2D eigenvalue weighted by atomic mass is 16.6. The van der Waals surface area contributed by atoms with Crippen LogP contribution in [0.25, 0.3) is 5.57 Å². The summed E-state index contributed by atoms with van der Waals surface area (Å²) >= 11 is 0. The third-order valence-electron chi connectivity index (χ3n) is 6.91. The summed E-state index contributed by atoms with van der Waals surface area (Å²) in [4.78, 5) is 45.8. The number of carbonyl (C=O) groups excluding carboxylic acids is 3. The average molecular weight is 661 g/mol. The van der Waals surface area contributed by atoms with E-state index in [1.54, 1.807) is 41.2 Å². The lowest BCUT2D eigenvalue weighted by Gasteiger charge is -2.33. The number of pyridine rings is 2. The number of carbonyl (C=O) groups is 3.